The number of methoxy groups -OCH3 is 1. The molecule has 1 amide bonds. The van der Waals surface area contributed by atoms with Gasteiger partial charge in [-0.15, -0.1) is 0 Å². The predicted molar refractivity (Wildman–Crippen MR) is 90.2 cm³/mol. The molecule has 0 aliphatic heterocycles. The summed E-state index contributed by atoms with van der Waals surface area (Å²) in [4.78, 5) is 23.1. The van der Waals surface area contributed by atoms with E-state index >= 15 is 0 Å². The number of ether oxygens (including phenoxy) is 1. The molecule has 7 nitrogen and oxygen atoms in total. The number of phenolic OH excluding ortho intramolecular Hbond substituents is 1. The Balaban J connectivity index is 2.32. The first-order valence-corrected chi connectivity index (χ1v) is 8.89. The molecule has 0 saturated carbocycles. The molecule has 0 aliphatic carbocycles. The smallest absolute Gasteiger partial charge is 0.341 e. The van der Waals surface area contributed by atoms with Gasteiger partial charge in [-0.2, -0.15) is 0 Å². The summed E-state index contributed by atoms with van der Waals surface area (Å²) in [7, 11) is -1.11. The maximum atomic E-state index is 12.5. The second kappa shape index (κ2) is 7.35. The molecule has 0 fully saturated rings. The highest BCUT2D eigenvalue weighted by molar-refractivity contribution is 7.90. The lowest BCUT2D eigenvalue weighted by atomic mass is 10.1. The van der Waals surface area contributed by atoms with Crippen LogP contribution in [0.25, 0.3) is 0 Å². The lowest BCUT2D eigenvalue weighted by Gasteiger charge is -2.08. The van der Waals surface area contributed by atoms with Gasteiger partial charge >= 0.3 is 5.97 Å². The van der Waals surface area contributed by atoms with E-state index in [0.29, 0.717) is 5.56 Å². The van der Waals surface area contributed by atoms with Gasteiger partial charge in [-0.05, 0) is 35.9 Å². The van der Waals surface area contributed by atoms with Gasteiger partial charge < -0.3 is 15.2 Å². The average Bonchev–Trinajstić information content (AvgIpc) is 2.60. The highest BCUT2D eigenvalue weighted by Crippen LogP contribution is 2.23. The Kier molecular flexibility index (Phi) is 5.43. The Morgan fingerprint density at radius 2 is 1.88 bits per heavy atom. The van der Waals surface area contributed by atoms with Crippen LogP contribution in [0.3, 0.4) is 0 Å². The molecule has 0 heterocycles. The highest BCUT2D eigenvalue weighted by Gasteiger charge is 2.19. The van der Waals surface area contributed by atoms with E-state index in [-0.39, 0.29) is 27.5 Å². The van der Waals surface area contributed by atoms with Crippen molar-refractivity contribution in [1.29, 1.82) is 0 Å². The minimum Gasteiger partial charge on any atom is -0.507 e. The third kappa shape index (κ3) is 4.16. The van der Waals surface area contributed by atoms with Crippen LogP contribution in [0.15, 0.2) is 47.4 Å². The van der Waals surface area contributed by atoms with E-state index in [1.807, 2.05) is 0 Å². The van der Waals surface area contributed by atoms with E-state index in [4.69, 9.17) is 0 Å². The van der Waals surface area contributed by atoms with Crippen LogP contribution in [0.4, 0.5) is 0 Å². The van der Waals surface area contributed by atoms with Gasteiger partial charge in [0.15, 0.2) is 9.84 Å². The molecule has 2 aromatic carbocycles. The van der Waals surface area contributed by atoms with Crippen LogP contribution in [0.5, 0.6) is 5.75 Å². The molecule has 0 unspecified atom stereocenters. The summed E-state index contributed by atoms with van der Waals surface area (Å²) in [5.74, 6) is -1.86. The van der Waals surface area contributed by atoms with Crippen molar-refractivity contribution in [3.8, 4) is 5.75 Å². The van der Waals surface area contributed by atoms with Crippen LogP contribution in [0.1, 0.15) is 26.3 Å². The molecule has 0 aromatic heterocycles. The van der Waals surface area contributed by atoms with Crippen molar-refractivity contribution in [2.75, 3.05) is 14.2 Å². The second-order valence-corrected chi connectivity index (χ2v) is 7.20. The Bertz CT molecular complexity index is 920. The summed E-state index contributed by atoms with van der Waals surface area (Å²) in [6.07, 6.45) is 0. The van der Waals surface area contributed by atoms with E-state index in [1.54, 1.807) is 0 Å². The first-order valence-electron chi connectivity index (χ1n) is 7.23. The fourth-order valence-corrected chi connectivity index (χ4v) is 3.60. The van der Waals surface area contributed by atoms with Crippen LogP contribution in [-0.2, 0) is 20.3 Å². The van der Waals surface area contributed by atoms with Crippen molar-refractivity contribution in [1.82, 2.24) is 5.32 Å². The maximum absolute atomic E-state index is 12.5. The molecule has 2 rings (SSSR count). The average molecular weight is 363 g/mol. The maximum Gasteiger partial charge on any atom is 0.341 e. The predicted octanol–water partition coefficient (Wildman–Crippen LogP) is 1.51. The van der Waals surface area contributed by atoms with Crippen LogP contribution in [0, 0.1) is 0 Å². The fourth-order valence-electron chi connectivity index (χ4n) is 2.23. The number of hydrogen-bond donors (Lipinski definition) is 2. The lowest BCUT2D eigenvalue weighted by Crippen LogP contribution is -2.18. The Hall–Kier alpha value is -2.87. The summed E-state index contributed by atoms with van der Waals surface area (Å²) in [6, 6.07) is 9.59. The van der Waals surface area contributed by atoms with Gasteiger partial charge in [-0.1, -0.05) is 12.1 Å². The molecule has 25 heavy (non-hydrogen) atoms. The standard InChI is InChI=1S/C17H17NO6S/c1-18-16(20)12-4-3-5-13(9-12)25(22,23)10-11-6-7-14(15(19)8-11)17(21)24-2/h3-9,19H,10H2,1-2H3,(H,18,20). The molecule has 0 aliphatic rings. The first-order chi connectivity index (χ1) is 11.8. The van der Waals surface area contributed by atoms with Crippen LogP contribution < -0.4 is 5.32 Å². The van der Waals surface area contributed by atoms with Gasteiger partial charge in [-0.25, -0.2) is 13.2 Å². The first kappa shape index (κ1) is 18.5. The molecule has 2 aromatic rings. The van der Waals surface area contributed by atoms with Gasteiger partial charge in [0.1, 0.15) is 11.3 Å². The van der Waals surface area contributed by atoms with Crippen molar-refractivity contribution in [3.05, 3.63) is 59.2 Å². The molecular formula is C17H17NO6S. The largest absolute Gasteiger partial charge is 0.507 e. The number of benzene rings is 2. The fraction of sp³-hybridized carbons (Fsp3) is 0.176. The van der Waals surface area contributed by atoms with Crippen molar-refractivity contribution in [2.45, 2.75) is 10.6 Å². The minimum absolute atomic E-state index is 0.00913. The number of aromatic hydroxyl groups is 1. The summed E-state index contributed by atoms with van der Waals surface area (Å²) in [5.41, 5.74) is 0.480. The number of carbonyl (C=O) groups is 2. The van der Waals surface area contributed by atoms with Gasteiger partial charge in [0, 0.05) is 12.6 Å². The van der Waals surface area contributed by atoms with E-state index in [2.05, 4.69) is 10.1 Å². The van der Waals surface area contributed by atoms with E-state index < -0.39 is 21.7 Å². The van der Waals surface area contributed by atoms with E-state index in [0.717, 1.165) is 0 Å². The third-order valence-corrected chi connectivity index (χ3v) is 5.19. The van der Waals surface area contributed by atoms with Crippen LogP contribution in [0.2, 0.25) is 0 Å². The van der Waals surface area contributed by atoms with Crippen molar-refractivity contribution in [2.24, 2.45) is 0 Å². The number of sulfone groups is 1. The van der Waals surface area contributed by atoms with Crippen molar-refractivity contribution >= 4 is 21.7 Å². The monoisotopic (exact) mass is 363 g/mol. The molecule has 132 valence electrons. The molecule has 8 heteroatoms. The number of amides is 1. The van der Waals surface area contributed by atoms with E-state index in [1.165, 1.54) is 56.6 Å². The zero-order valence-electron chi connectivity index (χ0n) is 13.6. The Morgan fingerprint density at radius 1 is 1.16 bits per heavy atom. The lowest BCUT2D eigenvalue weighted by molar-refractivity contribution is 0.0597. The summed E-state index contributed by atoms with van der Waals surface area (Å²) < 4.78 is 29.6. The van der Waals surface area contributed by atoms with Crippen LogP contribution >= 0.6 is 0 Å². The zero-order chi connectivity index (χ0) is 18.6. The molecular weight excluding hydrogens is 346 g/mol. The Morgan fingerprint density at radius 3 is 2.48 bits per heavy atom. The van der Waals surface area contributed by atoms with E-state index in [9.17, 15) is 23.1 Å². The second-order valence-electron chi connectivity index (χ2n) is 5.21. The molecule has 2 N–H and O–H groups in total. The highest BCUT2D eigenvalue weighted by atomic mass is 32.2. The third-order valence-electron chi connectivity index (χ3n) is 3.51. The SMILES string of the molecule is CNC(=O)c1cccc(S(=O)(=O)Cc2ccc(C(=O)OC)c(O)c2)c1. The van der Waals surface area contributed by atoms with Gasteiger partial charge in [0.2, 0.25) is 0 Å². The number of esters is 1. The topological polar surface area (TPSA) is 110 Å². The number of hydrogen-bond acceptors (Lipinski definition) is 6. The molecule has 0 spiro atoms. The number of rotatable bonds is 5. The molecule has 0 bridgehead atoms. The summed E-state index contributed by atoms with van der Waals surface area (Å²) in [6.45, 7) is 0. The molecule has 0 atom stereocenters. The molecule has 0 saturated heterocycles. The van der Waals surface area contributed by atoms with Crippen LogP contribution in [-0.4, -0.2) is 39.6 Å². The van der Waals surface area contributed by atoms with Gasteiger partial charge in [0.05, 0.1) is 17.8 Å². The number of carbonyl (C=O) groups excluding carboxylic acids is 2. The quantitative estimate of drug-likeness (QED) is 0.779. The molecule has 0 radical (unpaired) electrons. The zero-order valence-corrected chi connectivity index (χ0v) is 14.5. The number of nitrogens with one attached hydrogen (secondary N) is 1. The van der Waals surface area contributed by atoms with Crippen molar-refractivity contribution in [3.63, 3.8) is 0 Å². The van der Waals surface area contributed by atoms with Crippen molar-refractivity contribution < 1.29 is 27.9 Å². The minimum atomic E-state index is -3.74. The Labute approximate surface area is 145 Å². The summed E-state index contributed by atoms with van der Waals surface area (Å²) >= 11 is 0. The van der Waals surface area contributed by atoms with Gasteiger partial charge in [0.25, 0.3) is 5.91 Å². The summed E-state index contributed by atoms with van der Waals surface area (Å²) in [5, 5.41) is 12.3. The van der Waals surface area contributed by atoms with Gasteiger partial charge in [-0.3, -0.25) is 4.79 Å². The number of phenols is 1. The normalized spacial score (nSPS) is 11.0.